The first kappa shape index (κ1) is 17.5. The third kappa shape index (κ3) is 3.02. The molecule has 3 heterocycles. The van der Waals surface area contributed by atoms with Crippen LogP contribution in [0, 0.1) is 11.6 Å². The number of aryl methyl sites for hydroxylation is 1. The maximum Gasteiger partial charge on any atom is 0.166 e. The molecule has 3 aromatic rings. The van der Waals surface area contributed by atoms with Gasteiger partial charge in [-0.05, 0) is 55.6 Å². The molecule has 144 valence electrons. The van der Waals surface area contributed by atoms with Gasteiger partial charge in [0.1, 0.15) is 17.5 Å². The Morgan fingerprint density at radius 2 is 1.75 bits per heavy atom. The van der Waals surface area contributed by atoms with Gasteiger partial charge in [-0.3, -0.25) is 9.69 Å². The Bertz CT molecular complexity index is 1050. The lowest BCUT2D eigenvalue weighted by molar-refractivity contribution is 0.0971. The number of benzene rings is 2. The minimum absolute atomic E-state index is 0.0106. The van der Waals surface area contributed by atoms with Gasteiger partial charge in [-0.1, -0.05) is 12.1 Å². The summed E-state index contributed by atoms with van der Waals surface area (Å²) in [6, 6.07) is 9.57. The van der Waals surface area contributed by atoms with Gasteiger partial charge in [0.25, 0.3) is 0 Å². The number of aromatic nitrogens is 2. The molecule has 0 atom stereocenters. The Labute approximate surface area is 161 Å². The van der Waals surface area contributed by atoms with Crippen LogP contribution >= 0.6 is 0 Å². The first-order chi connectivity index (χ1) is 13.6. The van der Waals surface area contributed by atoms with Crippen LogP contribution in [0.4, 0.5) is 8.78 Å². The molecule has 4 nitrogen and oxygen atoms in total. The summed E-state index contributed by atoms with van der Waals surface area (Å²) in [5.74, 6) is 0.732. The highest BCUT2D eigenvalue weighted by Crippen LogP contribution is 2.31. The molecule has 2 aliphatic rings. The minimum atomic E-state index is -0.408. The van der Waals surface area contributed by atoms with Crippen molar-refractivity contribution in [3.8, 4) is 0 Å². The van der Waals surface area contributed by atoms with E-state index in [4.69, 9.17) is 0 Å². The van der Waals surface area contributed by atoms with Gasteiger partial charge in [0.15, 0.2) is 5.78 Å². The van der Waals surface area contributed by atoms with E-state index in [2.05, 4.69) is 14.5 Å². The number of rotatable bonds is 3. The monoisotopic (exact) mass is 381 g/mol. The Morgan fingerprint density at radius 1 is 1.00 bits per heavy atom. The first-order valence-electron chi connectivity index (χ1n) is 9.78. The second-order valence-electron chi connectivity index (χ2n) is 7.78. The molecule has 0 unspecified atom stereocenters. The quantitative estimate of drug-likeness (QED) is 0.680. The molecule has 0 spiro atoms. The number of imidazole rings is 1. The minimum Gasteiger partial charge on any atom is -0.326 e. The summed E-state index contributed by atoms with van der Waals surface area (Å²) in [5.41, 5.74) is 2.99. The van der Waals surface area contributed by atoms with E-state index < -0.39 is 5.82 Å². The number of hydrogen-bond donors (Lipinski definition) is 0. The van der Waals surface area contributed by atoms with Gasteiger partial charge >= 0.3 is 0 Å². The van der Waals surface area contributed by atoms with Crippen molar-refractivity contribution in [2.45, 2.75) is 38.3 Å². The van der Waals surface area contributed by atoms with Crippen molar-refractivity contribution < 1.29 is 13.6 Å². The molecule has 0 radical (unpaired) electrons. The van der Waals surface area contributed by atoms with E-state index in [-0.39, 0.29) is 11.6 Å². The second kappa shape index (κ2) is 6.78. The van der Waals surface area contributed by atoms with Crippen molar-refractivity contribution in [3.05, 3.63) is 65.0 Å². The molecule has 0 N–H and O–H groups in total. The smallest absolute Gasteiger partial charge is 0.166 e. The average Bonchev–Trinajstić information content (AvgIpc) is 3.03. The normalized spacial score (nSPS) is 18.1. The molecule has 0 amide bonds. The largest absolute Gasteiger partial charge is 0.326 e. The third-order valence-corrected chi connectivity index (χ3v) is 6.04. The van der Waals surface area contributed by atoms with E-state index >= 15 is 0 Å². The fraction of sp³-hybridized carbons (Fsp3) is 0.364. The first-order valence-corrected chi connectivity index (χ1v) is 9.78. The van der Waals surface area contributed by atoms with Gasteiger partial charge in [0.2, 0.25) is 0 Å². The van der Waals surface area contributed by atoms with Crippen LogP contribution in [0.3, 0.4) is 0 Å². The van der Waals surface area contributed by atoms with Crippen LogP contribution in [0.5, 0.6) is 0 Å². The Kier molecular flexibility index (Phi) is 4.23. The van der Waals surface area contributed by atoms with Gasteiger partial charge < -0.3 is 4.57 Å². The van der Waals surface area contributed by atoms with E-state index in [9.17, 15) is 13.6 Å². The van der Waals surface area contributed by atoms with Crippen molar-refractivity contribution in [1.29, 1.82) is 0 Å². The van der Waals surface area contributed by atoms with Gasteiger partial charge in [0, 0.05) is 24.6 Å². The standard InChI is InChI=1S/C22H21F2N3O/c23-16-3-1-14(2-4-16)15-5-8-26(9-6-15)13-21-25-19-12-17(24)11-18-20(28)7-10-27(21)22(18)19/h1-4,11-12,15H,5-10,13H2. The number of hydrogen-bond acceptors (Lipinski definition) is 3. The molecule has 0 aliphatic carbocycles. The zero-order valence-corrected chi connectivity index (χ0v) is 15.5. The lowest BCUT2D eigenvalue weighted by Gasteiger charge is -2.32. The number of likely N-dealkylation sites (tertiary alicyclic amines) is 1. The highest BCUT2D eigenvalue weighted by molar-refractivity contribution is 6.07. The number of carbonyl (C=O) groups excluding carboxylic acids is 1. The van der Waals surface area contributed by atoms with Gasteiger partial charge in [-0.25, -0.2) is 13.8 Å². The number of carbonyl (C=O) groups is 1. The Morgan fingerprint density at radius 3 is 2.50 bits per heavy atom. The summed E-state index contributed by atoms with van der Waals surface area (Å²) in [7, 11) is 0. The fourth-order valence-electron chi connectivity index (χ4n) is 4.56. The van der Waals surface area contributed by atoms with E-state index in [0.29, 0.717) is 36.5 Å². The zero-order chi connectivity index (χ0) is 19.3. The highest BCUT2D eigenvalue weighted by atomic mass is 19.1. The molecule has 1 aromatic heterocycles. The summed E-state index contributed by atoms with van der Waals surface area (Å²) in [5, 5.41) is 0. The predicted molar refractivity (Wildman–Crippen MR) is 102 cm³/mol. The number of piperidine rings is 1. The summed E-state index contributed by atoms with van der Waals surface area (Å²) >= 11 is 0. The lowest BCUT2D eigenvalue weighted by atomic mass is 9.89. The maximum absolute atomic E-state index is 13.9. The van der Waals surface area contributed by atoms with E-state index in [1.165, 1.54) is 29.8 Å². The van der Waals surface area contributed by atoms with Crippen LogP contribution in [-0.2, 0) is 13.1 Å². The number of nitrogens with zero attached hydrogens (tertiary/aromatic N) is 3. The lowest BCUT2D eigenvalue weighted by Crippen LogP contribution is -2.33. The number of Topliss-reactive ketones (excluding diaryl/α,β-unsaturated/α-hetero) is 1. The van der Waals surface area contributed by atoms with Crippen molar-refractivity contribution >= 4 is 16.8 Å². The van der Waals surface area contributed by atoms with E-state index in [0.717, 1.165) is 37.3 Å². The van der Waals surface area contributed by atoms with Gasteiger partial charge in [0.05, 0.1) is 17.6 Å². The summed E-state index contributed by atoms with van der Waals surface area (Å²) in [6.07, 6.45) is 2.43. The number of halogens is 2. The molecule has 1 fully saturated rings. The molecule has 2 aromatic carbocycles. The molecule has 2 aliphatic heterocycles. The molecule has 0 saturated carbocycles. The summed E-state index contributed by atoms with van der Waals surface area (Å²) in [6.45, 7) is 3.17. The summed E-state index contributed by atoms with van der Waals surface area (Å²) < 4.78 is 29.1. The maximum atomic E-state index is 13.9. The molecular weight excluding hydrogens is 360 g/mol. The van der Waals surface area contributed by atoms with Crippen LogP contribution in [0.25, 0.3) is 11.0 Å². The van der Waals surface area contributed by atoms with Crippen LogP contribution in [-0.4, -0.2) is 33.3 Å². The van der Waals surface area contributed by atoms with E-state index in [1.807, 2.05) is 12.1 Å². The Balaban J connectivity index is 1.34. The predicted octanol–water partition coefficient (Wildman–Crippen LogP) is 4.28. The van der Waals surface area contributed by atoms with Crippen LogP contribution < -0.4 is 0 Å². The number of ketones is 1. The topological polar surface area (TPSA) is 38.1 Å². The average molecular weight is 381 g/mol. The fourth-order valence-corrected chi connectivity index (χ4v) is 4.56. The summed E-state index contributed by atoms with van der Waals surface area (Å²) in [4.78, 5) is 19.2. The second-order valence-corrected chi connectivity index (χ2v) is 7.78. The SMILES string of the molecule is O=C1CCn2c(CN3CCC(c4ccc(F)cc4)CC3)nc3cc(F)cc1c32. The molecule has 6 heteroatoms. The molecule has 1 saturated heterocycles. The molecule has 0 bridgehead atoms. The van der Waals surface area contributed by atoms with Crippen molar-refractivity contribution in [3.63, 3.8) is 0 Å². The van der Waals surface area contributed by atoms with Crippen molar-refractivity contribution in [1.82, 2.24) is 14.5 Å². The van der Waals surface area contributed by atoms with Crippen LogP contribution in [0.1, 0.15) is 46.9 Å². The van der Waals surface area contributed by atoms with Crippen molar-refractivity contribution in [2.24, 2.45) is 0 Å². The highest BCUT2D eigenvalue weighted by Gasteiger charge is 2.26. The van der Waals surface area contributed by atoms with Gasteiger partial charge in [-0.15, -0.1) is 0 Å². The third-order valence-electron chi connectivity index (χ3n) is 6.04. The van der Waals surface area contributed by atoms with Gasteiger partial charge in [-0.2, -0.15) is 0 Å². The zero-order valence-electron chi connectivity index (χ0n) is 15.5. The Hall–Kier alpha value is -2.60. The molecule has 5 rings (SSSR count). The molecule has 28 heavy (non-hydrogen) atoms. The van der Waals surface area contributed by atoms with E-state index in [1.54, 1.807) is 0 Å². The van der Waals surface area contributed by atoms with Crippen molar-refractivity contribution in [2.75, 3.05) is 13.1 Å². The van der Waals surface area contributed by atoms with Crippen LogP contribution in [0.15, 0.2) is 36.4 Å². The molecular formula is C22H21F2N3O. The van der Waals surface area contributed by atoms with Crippen LogP contribution in [0.2, 0.25) is 0 Å².